The number of hydrogen-bond donors (Lipinski definition) is 2. The van der Waals surface area contributed by atoms with Crippen LogP contribution in [0.1, 0.15) is 51.5 Å². The first-order valence-corrected chi connectivity index (χ1v) is 6.75. The molecule has 1 saturated carbocycles. The van der Waals surface area contributed by atoms with Crippen molar-refractivity contribution in [3.8, 4) is 0 Å². The van der Waals surface area contributed by atoms with Gasteiger partial charge >= 0.3 is 0 Å². The Morgan fingerprint density at radius 3 is 2.39 bits per heavy atom. The van der Waals surface area contributed by atoms with Gasteiger partial charge in [0.1, 0.15) is 0 Å². The number of nitrogens with one attached hydrogen (secondary N) is 1. The van der Waals surface area contributed by atoms with Crippen molar-refractivity contribution in [3.05, 3.63) is 11.4 Å². The van der Waals surface area contributed by atoms with E-state index in [9.17, 15) is 5.11 Å². The van der Waals surface area contributed by atoms with E-state index < -0.39 is 0 Å². The Hall–Kier alpha value is -1.03. The van der Waals surface area contributed by atoms with Gasteiger partial charge in [-0.3, -0.25) is 4.68 Å². The van der Waals surface area contributed by atoms with Gasteiger partial charge in [-0.1, -0.05) is 13.8 Å². The maximum Gasteiger partial charge on any atom is 0.0828 e. The van der Waals surface area contributed by atoms with Gasteiger partial charge in [-0.25, -0.2) is 0 Å². The number of hydrogen-bond acceptors (Lipinski definition) is 3. The minimum Gasteiger partial charge on any atom is -0.392 e. The highest BCUT2D eigenvalue weighted by molar-refractivity contribution is 5.53. The van der Waals surface area contributed by atoms with Crippen LogP contribution in [0.4, 0.5) is 5.69 Å². The number of nitrogens with zero attached hydrogens (tertiary/aromatic N) is 2. The van der Waals surface area contributed by atoms with Crippen LogP contribution in [0.3, 0.4) is 0 Å². The summed E-state index contributed by atoms with van der Waals surface area (Å²) in [5.74, 6) is 0. The van der Waals surface area contributed by atoms with Crippen molar-refractivity contribution in [2.75, 3.05) is 5.32 Å². The molecule has 1 aliphatic rings. The number of aliphatic hydroxyl groups is 1. The second-order valence-corrected chi connectivity index (χ2v) is 6.35. The zero-order valence-corrected chi connectivity index (χ0v) is 12.3. The SMILES string of the molecule is Cc1nn(C(C)C)c(C)c1NC1CC(O)C1(C)C. The highest BCUT2D eigenvalue weighted by Crippen LogP contribution is 2.43. The van der Waals surface area contributed by atoms with Gasteiger partial charge < -0.3 is 10.4 Å². The standard InChI is InChI=1S/C14H25N3O/c1-8(2)17-10(4)13(9(3)16-17)15-11-7-12(18)14(11,5)6/h8,11-12,15,18H,7H2,1-6H3. The Morgan fingerprint density at radius 1 is 1.39 bits per heavy atom. The fraction of sp³-hybridized carbons (Fsp3) is 0.786. The van der Waals surface area contributed by atoms with Crippen molar-refractivity contribution < 1.29 is 5.11 Å². The quantitative estimate of drug-likeness (QED) is 0.868. The van der Waals surface area contributed by atoms with E-state index in [0.717, 1.165) is 17.8 Å². The summed E-state index contributed by atoms with van der Waals surface area (Å²) in [6, 6.07) is 0.703. The number of anilines is 1. The third kappa shape index (κ3) is 1.92. The predicted molar refractivity (Wildman–Crippen MR) is 73.9 cm³/mol. The van der Waals surface area contributed by atoms with E-state index in [1.807, 2.05) is 6.92 Å². The van der Waals surface area contributed by atoms with E-state index in [2.05, 4.69) is 49.7 Å². The fourth-order valence-corrected chi connectivity index (χ4v) is 2.70. The smallest absolute Gasteiger partial charge is 0.0828 e. The van der Waals surface area contributed by atoms with E-state index >= 15 is 0 Å². The van der Waals surface area contributed by atoms with Crippen LogP contribution in [-0.2, 0) is 0 Å². The summed E-state index contributed by atoms with van der Waals surface area (Å²) in [7, 11) is 0. The molecule has 2 rings (SSSR count). The maximum absolute atomic E-state index is 9.80. The van der Waals surface area contributed by atoms with Crippen LogP contribution in [0.5, 0.6) is 0 Å². The van der Waals surface area contributed by atoms with Gasteiger partial charge in [0, 0.05) is 17.5 Å². The molecule has 4 heteroatoms. The van der Waals surface area contributed by atoms with E-state index in [1.54, 1.807) is 0 Å². The molecular formula is C14H25N3O. The monoisotopic (exact) mass is 251 g/mol. The van der Waals surface area contributed by atoms with Crippen LogP contribution in [0.15, 0.2) is 0 Å². The average molecular weight is 251 g/mol. The summed E-state index contributed by atoms with van der Waals surface area (Å²) >= 11 is 0. The van der Waals surface area contributed by atoms with Crippen LogP contribution < -0.4 is 5.32 Å². The molecule has 4 nitrogen and oxygen atoms in total. The minimum atomic E-state index is -0.198. The van der Waals surface area contributed by atoms with E-state index in [0.29, 0.717) is 12.1 Å². The first-order chi connectivity index (χ1) is 8.25. The molecule has 0 aliphatic heterocycles. The molecular weight excluding hydrogens is 226 g/mol. The summed E-state index contributed by atoms with van der Waals surface area (Å²) in [5.41, 5.74) is 3.30. The average Bonchev–Trinajstić information content (AvgIpc) is 2.56. The minimum absolute atomic E-state index is 0.0567. The number of rotatable bonds is 3. The number of aryl methyl sites for hydroxylation is 1. The van der Waals surface area contributed by atoms with Crippen LogP contribution in [0.2, 0.25) is 0 Å². The summed E-state index contributed by atoms with van der Waals surface area (Å²) in [6.45, 7) is 12.6. The predicted octanol–water partition coefficient (Wildman–Crippen LogP) is 2.65. The third-order valence-corrected chi connectivity index (χ3v) is 4.35. The summed E-state index contributed by atoms with van der Waals surface area (Å²) in [4.78, 5) is 0. The van der Waals surface area contributed by atoms with Crippen molar-refractivity contribution in [2.24, 2.45) is 5.41 Å². The zero-order valence-electron chi connectivity index (χ0n) is 12.3. The lowest BCUT2D eigenvalue weighted by molar-refractivity contribution is -0.0510. The molecule has 1 fully saturated rings. The van der Waals surface area contributed by atoms with Crippen molar-refractivity contribution >= 4 is 5.69 Å². The van der Waals surface area contributed by atoms with Gasteiger partial charge in [-0.05, 0) is 34.1 Å². The molecule has 0 aromatic carbocycles. The summed E-state index contributed by atoms with van der Waals surface area (Å²) in [5, 5.41) is 17.9. The van der Waals surface area contributed by atoms with Crippen LogP contribution in [-0.4, -0.2) is 27.0 Å². The van der Waals surface area contributed by atoms with E-state index in [1.165, 1.54) is 5.69 Å². The van der Waals surface area contributed by atoms with Gasteiger partial charge in [-0.2, -0.15) is 5.10 Å². The van der Waals surface area contributed by atoms with Gasteiger partial charge in [-0.15, -0.1) is 0 Å². The topological polar surface area (TPSA) is 50.1 Å². The molecule has 1 aromatic rings. The Bertz CT molecular complexity index is 448. The van der Waals surface area contributed by atoms with Gasteiger partial charge in [0.05, 0.1) is 23.2 Å². The number of aliphatic hydroxyl groups excluding tert-OH is 1. The Labute approximate surface area is 109 Å². The fourth-order valence-electron chi connectivity index (χ4n) is 2.70. The lowest BCUT2D eigenvalue weighted by atomic mass is 9.64. The number of aromatic nitrogens is 2. The molecule has 0 saturated heterocycles. The van der Waals surface area contributed by atoms with Crippen LogP contribution in [0.25, 0.3) is 0 Å². The van der Waals surface area contributed by atoms with Crippen molar-refractivity contribution in [3.63, 3.8) is 0 Å². The summed E-state index contributed by atoms with van der Waals surface area (Å²) in [6.07, 6.45) is 0.620. The molecule has 2 atom stereocenters. The van der Waals surface area contributed by atoms with Crippen LogP contribution in [0, 0.1) is 19.3 Å². The summed E-state index contributed by atoms with van der Waals surface area (Å²) < 4.78 is 2.06. The zero-order chi connectivity index (χ0) is 13.7. The van der Waals surface area contributed by atoms with Crippen molar-refractivity contribution in [1.82, 2.24) is 9.78 Å². The Balaban J connectivity index is 2.21. The van der Waals surface area contributed by atoms with Crippen molar-refractivity contribution in [1.29, 1.82) is 0 Å². The lowest BCUT2D eigenvalue weighted by Crippen LogP contribution is -2.57. The largest absolute Gasteiger partial charge is 0.392 e. The lowest BCUT2D eigenvalue weighted by Gasteiger charge is -2.49. The Morgan fingerprint density at radius 2 is 2.00 bits per heavy atom. The molecule has 2 unspecified atom stereocenters. The van der Waals surface area contributed by atoms with Gasteiger partial charge in [0.25, 0.3) is 0 Å². The maximum atomic E-state index is 9.80. The first-order valence-electron chi connectivity index (χ1n) is 6.75. The second kappa shape index (κ2) is 4.26. The van der Waals surface area contributed by atoms with E-state index in [-0.39, 0.29) is 11.5 Å². The highest BCUT2D eigenvalue weighted by atomic mass is 16.3. The molecule has 0 spiro atoms. The Kier molecular flexibility index (Phi) is 3.18. The molecule has 1 aliphatic carbocycles. The van der Waals surface area contributed by atoms with Crippen molar-refractivity contribution in [2.45, 2.75) is 66.2 Å². The molecule has 18 heavy (non-hydrogen) atoms. The van der Waals surface area contributed by atoms with E-state index in [4.69, 9.17) is 0 Å². The molecule has 1 aromatic heterocycles. The molecule has 0 radical (unpaired) electrons. The molecule has 102 valence electrons. The molecule has 0 amide bonds. The molecule has 0 bridgehead atoms. The third-order valence-electron chi connectivity index (χ3n) is 4.35. The normalized spacial score (nSPS) is 26.2. The second-order valence-electron chi connectivity index (χ2n) is 6.35. The van der Waals surface area contributed by atoms with Gasteiger partial charge in [0.2, 0.25) is 0 Å². The highest BCUT2D eigenvalue weighted by Gasteiger charge is 2.47. The van der Waals surface area contributed by atoms with Gasteiger partial charge in [0.15, 0.2) is 0 Å². The molecule has 1 heterocycles. The van der Waals surface area contributed by atoms with Crippen LogP contribution >= 0.6 is 0 Å². The first kappa shape index (κ1) is 13.4. The molecule has 2 N–H and O–H groups in total.